The van der Waals surface area contributed by atoms with Crippen LogP contribution in [0.25, 0.3) is 5.65 Å². The highest BCUT2D eigenvalue weighted by molar-refractivity contribution is 5.57. The molecule has 2 saturated heterocycles. The topological polar surface area (TPSA) is 111 Å². The van der Waals surface area contributed by atoms with E-state index in [0.717, 1.165) is 67.7 Å². The summed E-state index contributed by atoms with van der Waals surface area (Å²) in [5.41, 5.74) is 3.53. The number of aromatic nitrogens is 5. The van der Waals surface area contributed by atoms with Crippen LogP contribution in [-0.2, 0) is 16.0 Å². The molecule has 0 saturated carbocycles. The van der Waals surface area contributed by atoms with Gasteiger partial charge in [0, 0.05) is 68.4 Å². The molecule has 0 radical (unpaired) electrons. The Kier molecular flexibility index (Phi) is 6.95. The van der Waals surface area contributed by atoms with Crippen molar-refractivity contribution in [2.24, 2.45) is 0 Å². The van der Waals surface area contributed by atoms with Gasteiger partial charge in [-0.25, -0.2) is 15.0 Å². The SMILES string of the molecule is c1cn2ccc(NCc3cc(N4CCOCC4)nc(Nc4ccc(OC5CCOCC5)nc4)n3)cc2n1. The predicted molar refractivity (Wildman–Crippen MR) is 140 cm³/mol. The first-order chi connectivity index (χ1) is 18.3. The van der Waals surface area contributed by atoms with Crippen molar-refractivity contribution in [3.05, 3.63) is 60.8 Å². The summed E-state index contributed by atoms with van der Waals surface area (Å²) in [6.45, 7) is 4.96. The zero-order valence-corrected chi connectivity index (χ0v) is 20.5. The largest absolute Gasteiger partial charge is 0.474 e. The fraction of sp³-hybridized carbons (Fsp3) is 0.385. The zero-order valence-electron chi connectivity index (χ0n) is 20.5. The third-order valence-corrected chi connectivity index (χ3v) is 6.42. The molecule has 11 nitrogen and oxygen atoms in total. The van der Waals surface area contributed by atoms with Crippen LogP contribution in [0.2, 0.25) is 0 Å². The van der Waals surface area contributed by atoms with Crippen LogP contribution in [0.5, 0.6) is 5.88 Å². The van der Waals surface area contributed by atoms with E-state index in [9.17, 15) is 0 Å². The average Bonchev–Trinajstić information content (AvgIpc) is 3.42. The maximum atomic E-state index is 5.99. The van der Waals surface area contributed by atoms with Gasteiger partial charge in [-0.3, -0.25) is 0 Å². The molecule has 192 valence electrons. The summed E-state index contributed by atoms with van der Waals surface area (Å²) in [4.78, 5) is 20.6. The molecule has 4 aromatic heterocycles. The smallest absolute Gasteiger partial charge is 0.229 e. The zero-order chi connectivity index (χ0) is 24.9. The Morgan fingerprint density at radius 1 is 0.919 bits per heavy atom. The summed E-state index contributed by atoms with van der Waals surface area (Å²) in [5, 5.41) is 6.77. The highest BCUT2D eigenvalue weighted by atomic mass is 16.5. The fourth-order valence-corrected chi connectivity index (χ4v) is 4.41. The molecule has 6 heterocycles. The molecule has 0 spiro atoms. The Balaban J connectivity index is 1.18. The van der Waals surface area contributed by atoms with Gasteiger partial charge in [-0.15, -0.1) is 0 Å². The molecular weight excluding hydrogens is 472 g/mol. The van der Waals surface area contributed by atoms with Crippen molar-refractivity contribution < 1.29 is 14.2 Å². The van der Waals surface area contributed by atoms with Gasteiger partial charge in [0.2, 0.25) is 11.8 Å². The van der Waals surface area contributed by atoms with Crippen molar-refractivity contribution in [1.82, 2.24) is 24.3 Å². The Morgan fingerprint density at radius 3 is 2.62 bits per heavy atom. The van der Waals surface area contributed by atoms with E-state index in [1.807, 2.05) is 47.1 Å². The second-order valence-corrected chi connectivity index (χ2v) is 9.04. The number of ether oxygens (including phenoxy) is 3. The summed E-state index contributed by atoms with van der Waals surface area (Å²) in [6.07, 6.45) is 9.37. The fourth-order valence-electron chi connectivity index (χ4n) is 4.41. The molecule has 4 aromatic rings. The van der Waals surface area contributed by atoms with Gasteiger partial charge in [-0.05, 0) is 12.1 Å². The maximum Gasteiger partial charge on any atom is 0.229 e. The molecule has 0 unspecified atom stereocenters. The standard InChI is InChI=1S/C26H30N8O3/c1-2-25(37-22-4-11-35-12-5-22)29-17-20(1)30-26-31-21(16-24(32-26)34-9-13-36-14-10-34)18-28-19-3-7-33-8-6-27-23(33)15-19/h1-3,6-8,15-17,22,28H,4-5,9-14,18H2,(H,30,31,32). The van der Waals surface area contributed by atoms with Gasteiger partial charge in [0.15, 0.2) is 0 Å². The summed E-state index contributed by atoms with van der Waals surface area (Å²) < 4.78 is 18.9. The van der Waals surface area contributed by atoms with Crippen LogP contribution in [-0.4, -0.2) is 70.0 Å². The molecule has 37 heavy (non-hydrogen) atoms. The first-order valence-electron chi connectivity index (χ1n) is 12.6. The third kappa shape index (κ3) is 5.89. The van der Waals surface area contributed by atoms with E-state index < -0.39 is 0 Å². The molecule has 0 aromatic carbocycles. The van der Waals surface area contributed by atoms with Crippen molar-refractivity contribution in [3.8, 4) is 5.88 Å². The minimum Gasteiger partial charge on any atom is -0.474 e. The lowest BCUT2D eigenvalue weighted by Gasteiger charge is -2.28. The molecule has 11 heteroatoms. The number of fused-ring (bicyclic) bond motifs is 1. The van der Waals surface area contributed by atoms with E-state index in [1.54, 1.807) is 12.4 Å². The third-order valence-electron chi connectivity index (χ3n) is 6.42. The molecular formula is C26H30N8O3. The number of rotatable bonds is 8. The van der Waals surface area contributed by atoms with Gasteiger partial charge in [-0.1, -0.05) is 0 Å². The number of nitrogens with one attached hydrogen (secondary N) is 2. The number of morpholine rings is 1. The second kappa shape index (κ2) is 11.0. The van der Waals surface area contributed by atoms with Crippen molar-refractivity contribution >= 4 is 28.8 Å². The molecule has 2 fully saturated rings. The van der Waals surface area contributed by atoms with E-state index in [4.69, 9.17) is 24.2 Å². The molecule has 0 bridgehead atoms. The lowest BCUT2D eigenvalue weighted by molar-refractivity contribution is 0.0237. The number of imidazole rings is 1. The summed E-state index contributed by atoms with van der Waals surface area (Å²) in [7, 11) is 0. The number of hydrogen-bond donors (Lipinski definition) is 2. The molecule has 0 atom stereocenters. The molecule has 2 aliphatic heterocycles. The first kappa shape index (κ1) is 23.4. The predicted octanol–water partition coefficient (Wildman–Crippen LogP) is 3.27. The summed E-state index contributed by atoms with van der Waals surface area (Å²) in [5.74, 6) is 2.00. The van der Waals surface area contributed by atoms with E-state index in [0.29, 0.717) is 31.6 Å². The number of nitrogens with zero attached hydrogens (tertiary/aromatic N) is 6. The van der Waals surface area contributed by atoms with Gasteiger partial charge in [0.05, 0.1) is 50.6 Å². The summed E-state index contributed by atoms with van der Waals surface area (Å²) in [6, 6.07) is 9.87. The Hall–Kier alpha value is -3.96. The highest BCUT2D eigenvalue weighted by Gasteiger charge is 2.17. The normalized spacial score (nSPS) is 16.6. The quantitative estimate of drug-likeness (QED) is 0.372. The van der Waals surface area contributed by atoms with Crippen LogP contribution in [0.1, 0.15) is 18.5 Å². The first-order valence-corrected chi connectivity index (χ1v) is 12.6. The van der Waals surface area contributed by atoms with Crippen molar-refractivity contribution in [2.75, 3.05) is 55.1 Å². The van der Waals surface area contributed by atoms with Crippen molar-refractivity contribution in [1.29, 1.82) is 0 Å². The van der Waals surface area contributed by atoms with Crippen LogP contribution in [0, 0.1) is 0 Å². The second-order valence-electron chi connectivity index (χ2n) is 9.04. The number of hydrogen-bond acceptors (Lipinski definition) is 10. The van der Waals surface area contributed by atoms with Gasteiger partial charge < -0.3 is 34.1 Å². The van der Waals surface area contributed by atoms with E-state index >= 15 is 0 Å². The van der Waals surface area contributed by atoms with Crippen molar-refractivity contribution in [2.45, 2.75) is 25.5 Å². The Bertz CT molecular complexity index is 1320. The van der Waals surface area contributed by atoms with E-state index in [-0.39, 0.29) is 6.10 Å². The summed E-state index contributed by atoms with van der Waals surface area (Å²) >= 11 is 0. The molecule has 0 amide bonds. The highest BCUT2D eigenvalue weighted by Crippen LogP contribution is 2.22. The Labute approximate surface area is 214 Å². The molecule has 2 aliphatic rings. The Morgan fingerprint density at radius 2 is 1.78 bits per heavy atom. The van der Waals surface area contributed by atoms with Crippen LogP contribution in [0.4, 0.5) is 23.1 Å². The number of anilines is 4. The van der Waals surface area contributed by atoms with E-state index in [2.05, 4.69) is 25.5 Å². The van der Waals surface area contributed by atoms with Gasteiger partial charge >= 0.3 is 0 Å². The minimum absolute atomic E-state index is 0.151. The molecule has 6 rings (SSSR count). The maximum absolute atomic E-state index is 5.99. The molecule has 2 N–H and O–H groups in total. The van der Waals surface area contributed by atoms with Gasteiger partial charge in [0.25, 0.3) is 0 Å². The lowest BCUT2D eigenvalue weighted by atomic mass is 10.1. The lowest BCUT2D eigenvalue weighted by Crippen LogP contribution is -2.37. The van der Waals surface area contributed by atoms with Crippen molar-refractivity contribution in [3.63, 3.8) is 0 Å². The van der Waals surface area contributed by atoms with Crippen LogP contribution < -0.4 is 20.3 Å². The van der Waals surface area contributed by atoms with Gasteiger partial charge in [0.1, 0.15) is 17.6 Å². The van der Waals surface area contributed by atoms with Gasteiger partial charge in [-0.2, -0.15) is 4.98 Å². The minimum atomic E-state index is 0.151. The number of pyridine rings is 2. The average molecular weight is 503 g/mol. The van der Waals surface area contributed by atoms with Crippen LogP contribution in [0.3, 0.4) is 0 Å². The van der Waals surface area contributed by atoms with Crippen LogP contribution >= 0.6 is 0 Å². The van der Waals surface area contributed by atoms with Crippen LogP contribution in [0.15, 0.2) is 55.1 Å². The van der Waals surface area contributed by atoms with E-state index in [1.165, 1.54) is 0 Å². The molecule has 0 aliphatic carbocycles. The monoisotopic (exact) mass is 502 g/mol.